The lowest BCUT2D eigenvalue weighted by atomic mass is 10.3. The summed E-state index contributed by atoms with van der Waals surface area (Å²) >= 11 is 12.1. The van der Waals surface area contributed by atoms with Crippen molar-refractivity contribution in [2.45, 2.75) is 25.8 Å². The van der Waals surface area contributed by atoms with Crippen molar-refractivity contribution in [1.29, 1.82) is 0 Å². The van der Waals surface area contributed by atoms with Crippen LogP contribution in [0.5, 0.6) is 0 Å². The molecule has 1 aromatic heterocycles. The van der Waals surface area contributed by atoms with Gasteiger partial charge in [0, 0.05) is 6.54 Å². The lowest BCUT2D eigenvalue weighted by Crippen LogP contribution is -2.10. The number of fused-ring (bicyclic) bond motifs is 1. The topological polar surface area (TPSA) is 44.1 Å². The maximum atomic E-state index is 11.4. The molecule has 2 aromatic rings. The molecule has 0 saturated carbocycles. The summed E-state index contributed by atoms with van der Waals surface area (Å²) < 4.78 is 6.79. The van der Waals surface area contributed by atoms with Gasteiger partial charge in [-0.25, -0.2) is 4.98 Å². The van der Waals surface area contributed by atoms with Gasteiger partial charge in [-0.15, -0.1) is 11.6 Å². The average Bonchev–Trinajstić information content (AvgIpc) is 2.76. The van der Waals surface area contributed by atoms with Crippen LogP contribution in [0.2, 0.25) is 5.02 Å². The van der Waals surface area contributed by atoms with Gasteiger partial charge in [0.25, 0.3) is 0 Å². The van der Waals surface area contributed by atoms with Crippen molar-refractivity contribution in [2.24, 2.45) is 0 Å². The van der Waals surface area contributed by atoms with Crippen molar-refractivity contribution in [1.82, 2.24) is 9.55 Å². The van der Waals surface area contributed by atoms with Gasteiger partial charge in [-0.3, -0.25) is 4.79 Å². The minimum absolute atomic E-state index is 0.239. The number of rotatable bonds is 5. The van der Waals surface area contributed by atoms with E-state index in [1.54, 1.807) is 13.0 Å². The summed E-state index contributed by atoms with van der Waals surface area (Å²) in [7, 11) is 0. The average molecular weight is 301 g/mol. The number of esters is 1. The molecule has 0 amide bonds. The third-order valence-corrected chi connectivity index (χ3v) is 3.30. The first-order valence-corrected chi connectivity index (χ1v) is 6.93. The van der Waals surface area contributed by atoms with Gasteiger partial charge >= 0.3 is 5.97 Å². The number of halogens is 2. The summed E-state index contributed by atoms with van der Waals surface area (Å²) in [6, 6.07) is 5.51. The molecule has 0 atom stereocenters. The molecule has 0 unspecified atom stereocenters. The monoisotopic (exact) mass is 300 g/mol. The molecule has 0 radical (unpaired) electrons. The predicted octanol–water partition coefficient (Wildman–Crippen LogP) is 3.38. The van der Waals surface area contributed by atoms with Crippen LogP contribution in [-0.4, -0.2) is 22.1 Å². The van der Waals surface area contributed by atoms with Gasteiger partial charge in [0.15, 0.2) is 0 Å². The quantitative estimate of drug-likeness (QED) is 0.628. The van der Waals surface area contributed by atoms with E-state index in [2.05, 4.69) is 4.98 Å². The summed E-state index contributed by atoms with van der Waals surface area (Å²) in [6.45, 7) is 2.62. The van der Waals surface area contributed by atoms with E-state index in [4.69, 9.17) is 27.9 Å². The van der Waals surface area contributed by atoms with Crippen molar-refractivity contribution in [3.8, 4) is 0 Å². The molecule has 1 heterocycles. The van der Waals surface area contributed by atoms with Crippen LogP contribution in [0.1, 0.15) is 19.2 Å². The molecule has 0 saturated heterocycles. The van der Waals surface area contributed by atoms with Gasteiger partial charge in [-0.2, -0.15) is 0 Å². The molecule has 0 N–H and O–H groups in total. The number of para-hydroxylation sites is 1. The molecule has 0 aliphatic carbocycles. The minimum Gasteiger partial charge on any atom is -0.466 e. The Morgan fingerprint density at radius 1 is 1.47 bits per heavy atom. The van der Waals surface area contributed by atoms with Crippen molar-refractivity contribution < 1.29 is 9.53 Å². The second kappa shape index (κ2) is 6.26. The minimum atomic E-state index is -0.239. The van der Waals surface area contributed by atoms with Gasteiger partial charge in [-0.1, -0.05) is 17.7 Å². The van der Waals surface area contributed by atoms with E-state index in [0.29, 0.717) is 24.0 Å². The number of benzene rings is 1. The molecule has 19 heavy (non-hydrogen) atoms. The largest absolute Gasteiger partial charge is 0.466 e. The second-order valence-electron chi connectivity index (χ2n) is 3.98. The maximum absolute atomic E-state index is 11.4. The number of nitrogens with zero attached hydrogens (tertiary/aromatic N) is 2. The molecular weight excluding hydrogens is 287 g/mol. The number of aryl methyl sites for hydroxylation is 1. The van der Waals surface area contributed by atoms with Crippen LogP contribution in [0.15, 0.2) is 18.2 Å². The number of carbonyl (C=O) groups excluding carboxylic acids is 1. The van der Waals surface area contributed by atoms with Crippen molar-refractivity contribution in [3.63, 3.8) is 0 Å². The van der Waals surface area contributed by atoms with Gasteiger partial charge in [0.1, 0.15) is 5.82 Å². The maximum Gasteiger partial charge on any atom is 0.307 e. The fourth-order valence-corrected chi connectivity index (χ4v) is 2.44. The van der Waals surface area contributed by atoms with Crippen LogP contribution in [-0.2, 0) is 22.0 Å². The molecule has 4 nitrogen and oxygen atoms in total. The van der Waals surface area contributed by atoms with Crippen molar-refractivity contribution in [2.75, 3.05) is 6.61 Å². The lowest BCUT2D eigenvalue weighted by Gasteiger charge is -2.08. The van der Waals surface area contributed by atoms with Gasteiger partial charge < -0.3 is 9.30 Å². The van der Waals surface area contributed by atoms with Crippen LogP contribution in [0.4, 0.5) is 0 Å². The first-order valence-electron chi connectivity index (χ1n) is 6.02. The summed E-state index contributed by atoms with van der Waals surface area (Å²) in [5.41, 5.74) is 1.59. The van der Waals surface area contributed by atoms with E-state index in [9.17, 15) is 4.79 Å². The molecule has 0 spiro atoms. The number of hydrogen-bond donors (Lipinski definition) is 0. The molecule has 0 aliphatic rings. The Morgan fingerprint density at radius 3 is 2.95 bits per heavy atom. The van der Waals surface area contributed by atoms with Crippen LogP contribution in [0.3, 0.4) is 0 Å². The van der Waals surface area contributed by atoms with E-state index in [-0.39, 0.29) is 18.3 Å². The van der Waals surface area contributed by atoms with Gasteiger partial charge in [0.2, 0.25) is 0 Å². The van der Waals surface area contributed by atoms with Crippen LogP contribution in [0.25, 0.3) is 11.0 Å². The Bertz CT molecular complexity index is 596. The summed E-state index contributed by atoms with van der Waals surface area (Å²) in [5, 5.41) is 0.602. The Balaban J connectivity index is 2.32. The molecule has 0 fully saturated rings. The Kier molecular flexibility index (Phi) is 4.66. The zero-order chi connectivity index (χ0) is 13.8. The zero-order valence-electron chi connectivity index (χ0n) is 10.5. The highest BCUT2D eigenvalue weighted by atomic mass is 35.5. The highest BCUT2D eigenvalue weighted by Gasteiger charge is 2.14. The third-order valence-electron chi connectivity index (χ3n) is 2.76. The molecule has 102 valence electrons. The molecule has 6 heteroatoms. The number of hydrogen-bond acceptors (Lipinski definition) is 3. The lowest BCUT2D eigenvalue weighted by molar-refractivity contribution is -0.143. The summed E-state index contributed by atoms with van der Waals surface area (Å²) in [5.74, 6) is 0.736. The SMILES string of the molecule is CCOC(=O)CCn1c(CCl)nc2cccc(Cl)c21. The van der Waals surface area contributed by atoms with E-state index in [0.717, 1.165) is 11.0 Å². The van der Waals surface area contributed by atoms with Crippen LogP contribution < -0.4 is 0 Å². The Morgan fingerprint density at radius 2 is 2.26 bits per heavy atom. The Hall–Kier alpha value is -1.26. The normalized spacial score (nSPS) is 10.9. The molecular formula is C13H14Cl2N2O2. The molecule has 0 bridgehead atoms. The van der Waals surface area contributed by atoms with Crippen molar-refractivity contribution >= 4 is 40.2 Å². The van der Waals surface area contributed by atoms with Gasteiger partial charge in [0.05, 0.1) is 35.0 Å². The highest BCUT2D eigenvalue weighted by molar-refractivity contribution is 6.35. The number of ether oxygens (including phenoxy) is 1. The smallest absolute Gasteiger partial charge is 0.307 e. The zero-order valence-corrected chi connectivity index (χ0v) is 12.0. The van der Waals surface area contributed by atoms with Crippen molar-refractivity contribution in [3.05, 3.63) is 29.0 Å². The number of carbonyl (C=O) groups is 1. The Labute approximate surface area is 121 Å². The summed E-state index contributed by atoms with van der Waals surface area (Å²) in [6.07, 6.45) is 0.272. The van der Waals surface area contributed by atoms with E-state index in [1.165, 1.54) is 0 Å². The highest BCUT2D eigenvalue weighted by Crippen LogP contribution is 2.25. The second-order valence-corrected chi connectivity index (χ2v) is 4.65. The number of imidazole rings is 1. The van der Waals surface area contributed by atoms with Crippen LogP contribution >= 0.6 is 23.2 Å². The fraction of sp³-hybridized carbons (Fsp3) is 0.385. The van der Waals surface area contributed by atoms with E-state index >= 15 is 0 Å². The molecule has 0 aliphatic heterocycles. The van der Waals surface area contributed by atoms with E-state index < -0.39 is 0 Å². The standard InChI is InChI=1S/C13H14Cl2N2O2/c1-2-19-12(18)6-7-17-11(8-14)16-10-5-3-4-9(15)13(10)17/h3-5H,2,6-8H2,1H3. The van der Waals surface area contributed by atoms with Gasteiger partial charge in [-0.05, 0) is 19.1 Å². The van der Waals surface area contributed by atoms with Crippen LogP contribution in [0, 0.1) is 0 Å². The van der Waals surface area contributed by atoms with E-state index in [1.807, 2.05) is 16.7 Å². The summed E-state index contributed by atoms with van der Waals surface area (Å²) in [4.78, 5) is 15.8. The third kappa shape index (κ3) is 3.01. The first-order chi connectivity index (χ1) is 9.17. The number of alkyl halides is 1. The number of aromatic nitrogens is 2. The fourth-order valence-electron chi connectivity index (χ4n) is 1.97. The first kappa shape index (κ1) is 14.2. The molecule has 2 rings (SSSR count). The predicted molar refractivity (Wildman–Crippen MR) is 75.6 cm³/mol. The molecule has 1 aromatic carbocycles.